The Morgan fingerprint density at radius 1 is 0.714 bits per heavy atom. The van der Waals surface area contributed by atoms with Gasteiger partial charge in [0, 0.05) is 6.04 Å². The lowest BCUT2D eigenvalue weighted by atomic mass is 10.1. The zero-order valence-corrected chi connectivity index (χ0v) is 21.2. The monoisotopic (exact) mass is 483 g/mol. The Labute approximate surface area is 210 Å². The number of carboxylic acid groups (broad SMARTS) is 1. The summed E-state index contributed by atoms with van der Waals surface area (Å²) in [7, 11) is -1.57. The molecule has 35 heavy (non-hydrogen) atoms. The summed E-state index contributed by atoms with van der Waals surface area (Å²) in [5.74, 6) is -1.21. The molecule has 0 aliphatic rings. The van der Waals surface area contributed by atoms with E-state index in [4.69, 9.17) is 5.73 Å². The maximum atomic E-state index is 10.3. The predicted molar refractivity (Wildman–Crippen MR) is 148 cm³/mol. The molecule has 4 heteroatoms. The van der Waals surface area contributed by atoms with Crippen molar-refractivity contribution in [1.82, 2.24) is 0 Å². The minimum atomic E-state index is -1.57. The maximum Gasteiger partial charge on any atom is 0.112 e. The molecule has 2 N–H and O–H groups in total. The van der Waals surface area contributed by atoms with Gasteiger partial charge in [-0.1, -0.05) is 98.3 Å². The van der Waals surface area contributed by atoms with Gasteiger partial charge in [0.1, 0.15) is 23.2 Å². The summed E-state index contributed by atoms with van der Waals surface area (Å²) in [5, 5.41) is 14.7. The van der Waals surface area contributed by atoms with Gasteiger partial charge in [-0.2, -0.15) is 0 Å². The Morgan fingerprint density at radius 2 is 1.09 bits per heavy atom. The second-order valence-corrected chi connectivity index (χ2v) is 12.1. The van der Waals surface area contributed by atoms with Crippen LogP contribution in [-0.4, -0.2) is 18.2 Å². The molecule has 4 aromatic rings. The van der Waals surface area contributed by atoms with Crippen LogP contribution in [0, 0.1) is 0 Å². The van der Waals surface area contributed by atoms with Crippen molar-refractivity contribution in [3.8, 4) is 0 Å². The zero-order valence-electron chi connectivity index (χ0n) is 20.3. The van der Waals surface area contributed by atoms with Gasteiger partial charge in [0.2, 0.25) is 0 Å². The van der Waals surface area contributed by atoms with E-state index in [-0.39, 0.29) is 0 Å². The van der Waals surface area contributed by atoms with Crippen molar-refractivity contribution in [2.24, 2.45) is 5.73 Å². The molecule has 0 spiro atoms. The summed E-state index contributed by atoms with van der Waals surface area (Å²) in [6.45, 7) is 2.29. The van der Waals surface area contributed by atoms with Crippen LogP contribution in [0.1, 0.15) is 25.3 Å². The molecule has 4 rings (SSSR count). The van der Waals surface area contributed by atoms with Crippen LogP contribution in [0.3, 0.4) is 0 Å². The number of benzene rings is 4. The fourth-order valence-corrected chi connectivity index (χ4v) is 8.73. The second-order valence-electron chi connectivity index (χ2n) is 8.51. The van der Waals surface area contributed by atoms with E-state index in [1.54, 1.807) is 0 Å². The van der Waals surface area contributed by atoms with Gasteiger partial charge in [0.05, 0.1) is 12.1 Å². The number of carbonyl (C=O) groups is 1. The summed E-state index contributed by atoms with van der Waals surface area (Å²) < 4.78 is 0. The van der Waals surface area contributed by atoms with E-state index >= 15 is 0 Å². The first-order chi connectivity index (χ1) is 17.1. The predicted octanol–water partition coefficient (Wildman–Crippen LogP) is 4.09. The molecule has 0 aliphatic carbocycles. The molecule has 1 atom stereocenters. The number of rotatable bonds is 9. The van der Waals surface area contributed by atoms with Gasteiger partial charge in [-0.15, -0.1) is 0 Å². The third kappa shape index (κ3) is 7.11. The molecule has 0 radical (unpaired) electrons. The van der Waals surface area contributed by atoms with E-state index in [1.165, 1.54) is 34.9 Å². The van der Waals surface area contributed by atoms with Crippen LogP contribution < -0.4 is 26.8 Å². The molecule has 180 valence electrons. The number of carboxylic acids is 1. The molecule has 3 nitrogen and oxygen atoms in total. The maximum absolute atomic E-state index is 10.3. The first kappa shape index (κ1) is 26.3. The third-order valence-electron chi connectivity index (χ3n) is 6.04. The third-order valence-corrected chi connectivity index (χ3v) is 10.6. The lowest BCUT2D eigenvalue weighted by molar-refractivity contribution is -0.307. The summed E-state index contributed by atoms with van der Waals surface area (Å²) in [6.07, 6.45) is 4.05. The molecule has 0 amide bonds. The van der Waals surface area contributed by atoms with Crippen LogP contribution in [0.15, 0.2) is 121 Å². The van der Waals surface area contributed by atoms with E-state index in [1.807, 2.05) is 30.3 Å². The van der Waals surface area contributed by atoms with Gasteiger partial charge < -0.3 is 15.6 Å². The number of nitrogens with two attached hydrogens (primary N) is 1. The molecule has 0 aromatic heterocycles. The molecule has 0 heterocycles. The minimum Gasteiger partial charge on any atom is -0.548 e. The lowest BCUT2D eigenvalue weighted by Crippen LogP contribution is -2.43. The first-order valence-electron chi connectivity index (χ1n) is 12.1. The number of aliphatic carboxylic acids is 1. The van der Waals surface area contributed by atoms with Crippen molar-refractivity contribution < 1.29 is 9.90 Å². The average Bonchev–Trinajstić information content (AvgIpc) is 2.92. The molecule has 0 unspecified atom stereocenters. The molecule has 0 aliphatic heterocycles. The van der Waals surface area contributed by atoms with E-state index in [0.29, 0.717) is 6.42 Å². The number of hydrogen-bond donors (Lipinski definition) is 1. The summed E-state index contributed by atoms with van der Waals surface area (Å²) in [5.41, 5.74) is 6.20. The molecule has 4 aromatic carbocycles. The smallest absolute Gasteiger partial charge is 0.112 e. The Hall–Kier alpha value is -3.26. The highest BCUT2D eigenvalue weighted by atomic mass is 31.2. The second kappa shape index (κ2) is 13.6. The van der Waals surface area contributed by atoms with E-state index in [2.05, 4.69) is 97.9 Å². The van der Waals surface area contributed by atoms with Crippen molar-refractivity contribution >= 4 is 29.1 Å². The Kier molecular flexibility index (Phi) is 10.2. The molecular weight excluding hydrogens is 449 g/mol. The first-order valence-corrected chi connectivity index (χ1v) is 14.1. The number of hydrogen-bond acceptors (Lipinski definition) is 3. The molecule has 0 saturated carbocycles. The standard InChI is InChI=1S/C22H24P.C9H11NO2/c1-2-3-19-23(20-13-7-4-8-14-20,21-15-9-5-10-16-21)22-17-11-6-12-18-22;10-8(9(11)12)6-7-4-2-1-3-5-7/h4-18H,2-3,19H2,1H3;1-5,8H,6,10H2,(H,11,12)/q+1;/p-1/t;8-/m.0/s1. The minimum absolute atomic E-state index is 0.323. The van der Waals surface area contributed by atoms with Crippen LogP contribution in [0.25, 0.3) is 0 Å². The lowest BCUT2D eigenvalue weighted by Gasteiger charge is -2.27. The SMILES string of the molecule is CCCC[P+](c1ccccc1)(c1ccccc1)c1ccccc1.N[C@@H](Cc1ccccc1)C(=O)[O-]. The van der Waals surface area contributed by atoms with Crippen molar-refractivity contribution in [2.45, 2.75) is 32.2 Å². The van der Waals surface area contributed by atoms with Gasteiger partial charge in [-0.05, 0) is 54.8 Å². The fourth-order valence-electron chi connectivity index (χ4n) is 4.23. The van der Waals surface area contributed by atoms with E-state index in [0.717, 1.165) is 5.56 Å². The highest BCUT2D eigenvalue weighted by Gasteiger charge is 2.44. The molecule has 0 fully saturated rings. The summed E-state index contributed by atoms with van der Waals surface area (Å²) in [6, 6.07) is 41.7. The van der Waals surface area contributed by atoms with Gasteiger partial charge >= 0.3 is 0 Å². The molecule has 0 saturated heterocycles. The zero-order chi connectivity index (χ0) is 24.9. The topological polar surface area (TPSA) is 66.2 Å². The largest absolute Gasteiger partial charge is 0.548 e. The Balaban J connectivity index is 0.000000241. The Bertz CT molecular complexity index is 1040. The van der Waals surface area contributed by atoms with Crippen molar-refractivity contribution in [3.05, 3.63) is 127 Å². The van der Waals surface area contributed by atoms with Gasteiger partial charge in [0.25, 0.3) is 0 Å². The van der Waals surface area contributed by atoms with E-state index in [9.17, 15) is 9.90 Å². The van der Waals surface area contributed by atoms with Crippen molar-refractivity contribution in [1.29, 1.82) is 0 Å². The molecular formula is C31H34NO2P. The van der Waals surface area contributed by atoms with Crippen LogP contribution in [0.5, 0.6) is 0 Å². The summed E-state index contributed by atoms with van der Waals surface area (Å²) >= 11 is 0. The summed E-state index contributed by atoms with van der Waals surface area (Å²) in [4.78, 5) is 10.3. The van der Waals surface area contributed by atoms with E-state index < -0.39 is 19.3 Å². The number of carbonyl (C=O) groups excluding carboxylic acids is 1. The van der Waals surface area contributed by atoms with Crippen LogP contribution in [0.2, 0.25) is 0 Å². The van der Waals surface area contributed by atoms with Crippen LogP contribution >= 0.6 is 7.26 Å². The van der Waals surface area contributed by atoms with Crippen molar-refractivity contribution in [3.63, 3.8) is 0 Å². The quantitative estimate of drug-likeness (QED) is 0.365. The van der Waals surface area contributed by atoms with Gasteiger partial charge in [0.15, 0.2) is 0 Å². The van der Waals surface area contributed by atoms with Crippen molar-refractivity contribution in [2.75, 3.05) is 6.16 Å². The highest BCUT2D eigenvalue weighted by Crippen LogP contribution is 2.55. The number of unbranched alkanes of at least 4 members (excludes halogenated alkanes) is 1. The van der Waals surface area contributed by atoms with Gasteiger partial charge in [-0.3, -0.25) is 0 Å². The molecule has 0 bridgehead atoms. The normalized spacial score (nSPS) is 11.7. The average molecular weight is 484 g/mol. The van der Waals surface area contributed by atoms with Crippen LogP contribution in [-0.2, 0) is 11.2 Å². The van der Waals surface area contributed by atoms with Crippen LogP contribution in [0.4, 0.5) is 0 Å². The fraction of sp³-hybridized carbons (Fsp3) is 0.194. The van der Waals surface area contributed by atoms with Gasteiger partial charge in [-0.25, -0.2) is 0 Å². The highest BCUT2D eigenvalue weighted by molar-refractivity contribution is 7.95. The Morgan fingerprint density at radius 3 is 1.43 bits per heavy atom.